The second kappa shape index (κ2) is 8.90. The number of benzene rings is 2. The molecule has 1 aliphatic rings. The highest BCUT2D eigenvalue weighted by atomic mass is 35.5. The Balaban J connectivity index is 1.58. The van der Waals surface area contributed by atoms with Gasteiger partial charge in [-0.2, -0.15) is 0 Å². The molecule has 1 fully saturated rings. The van der Waals surface area contributed by atoms with Crippen molar-refractivity contribution in [1.82, 2.24) is 4.90 Å². The fourth-order valence-electron chi connectivity index (χ4n) is 3.81. The molecule has 0 radical (unpaired) electrons. The summed E-state index contributed by atoms with van der Waals surface area (Å²) in [5.74, 6) is 0.633. The Bertz CT molecular complexity index is 795. The molecule has 0 saturated carbocycles. The molecule has 1 heterocycles. The van der Waals surface area contributed by atoms with E-state index in [2.05, 4.69) is 55.3 Å². The minimum absolute atomic E-state index is 0.0835. The second-order valence-electron chi connectivity index (χ2n) is 7.86. The SMILES string of the molecule is Cc1cccc(C(C)C)c1NC(=O)C1CCN(Cc2cccc(Cl)c2)CC1. The summed E-state index contributed by atoms with van der Waals surface area (Å²) >= 11 is 6.08. The van der Waals surface area contributed by atoms with Crippen LogP contribution in [-0.2, 0) is 11.3 Å². The molecule has 1 amide bonds. The van der Waals surface area contributed by atoms with Crippen LogP contribution in [0.1, 0.15) is 49.3 Å². The first-order chi connectivity index (χ1) is 12.9. The van der Waals surface area contributed by atoms with Gasteiger partial charge in [0.15, 0.2) is 0 Å². The number of rotatable bonds is 5. The summed E-state index contributed by atoms with van der Waals surface area (Å²) in [6.07, 6.45) is 1.80. The lowest BCUT2D eigenvalue weighted by molar-refractivity contribution is -0.121. The van der Waals surface area contributed by atoms with Crippen LogP contribution in [0.15, 0.2) is 42.5 Å². The third-order valence-electron chi connectivity index (χ3n) is 5.43. The monoisotopic (exact) mass is 384 g/mol. The molecule has 0 bridgehead atoms. The van der Waals surface area contributed by atoms with Crippen molar-refractivity contribution in [2.45, 2.75) is 46.1 Å². The van der Waals surface area contributed by atoms with Crippen LogP contribution in [0.25, 0.3) is 0 Å². The van der Waals surface area contributed by atoms with Crippen LogP contribution in [0.4, 0.5) is 5.69 Å². The molecule has 0 spiro atoms. The van der Waals surface area contributed by atoms with E-state index in [4.69, 9.17) is 11.6 Å². The summed E-state index contributed by atoms with van der Waals surface area (Å²) in [4.78, 5) is 15.3. The number of nitrogens with zero attached hydrogens (tertiary/aromatic N) is 1. The smallest absolute Gasteiger partial charge is 0.227 e. The number of piperidine rings is 1. The molecule has 3 rings (SSSR count). The van der Waals surface area contributed by atoms with Crippen molar-refractivity contribution in [3.63, 3.8) is 0 Å². The van der Waals surface area contributed by atoms with Crippen molar-refractivity contribution in [2.75, 3.05) is 18.4 Å². The van der Waals surface area contributed by atoms with Crippen LogP contribution in [0, 0.1) is 12.8 Å². The minimum atomic E-state index is 0.0835. The highest BCUT2D eigenvalue weighted by molar-refractivity contribution is 6.30. The topological polar surface area (TPSA) is 32.3 Å². The van der Waals surface area contributed by atoms with Crippen molar-refractivity contribution >= 4 is 23.2 Å². The molecule has 27 heavy (non-hydrogen) atoms. The predicted molar refractivity (Wildman–Crippen MR) is 113 cm³/mol. The number of para-hydroxylation sites is 1. The van der Waals surface area contributed by atoms with Gasteiger partial charge in [-0.15, -0.1) is 0 Å². The van der Waals surface area contributed by atoms with Crippen LogP contribution in [0.5, 0.6) is 0 Å². The molecule has 0 aromatic heterocycles. The van der Waals surface area contributed by atoms with Crippen molar-refractivity contribution in [1.29, 1.82) is 0 Å². The summed E-state index contributed by atoms with van der Waals surface area (Å²) in [5, 5.41) is 4.01. The Morgan fingerprint density at radius 1 is 1.19 bits per heavy atom. The molecule has 1 saturated heterocycles. The molecular weight excluding hydrogens is 356 g/mol. The highest BCUT2D eigenvalue weighted by Crippen LogP contribution is 2.29. The first kappa shape index (κ1) is 19.9. The van der Waals surface area contributed by atoms with Gasteiger partial charge in [0.05, 0.1) is 0 Å². The number of hydrogen-bond acceptors (Lipinski definition) is 2. The Morgan fingerprint density at radius 3 is 2.56 bits per heavy atom. The van der Waals surface area contributed by atoms with E-state index in [-0.39, 0.29) is 11.8 Å². The number of aryl methyl sites for hydroxylation is 1. The molecule has 1 aliphatic heterocycles. The number of hydrogen-bond donors (Lipinski definition) is 1. The van der Waals surface area contributed by atoms with Crippen LogP contribution < -0.4 is 5.32 Å². The molecular formula is C23H29ClN2O. The Labute approximate surface area is 167 Å². The maximum Gasteiger partial charge on any atom is 0.227 e. The second-order valence-corrected chi connectivity index (χ2v) is 8.30. The lowest BCUT2D eigenvalue weighted by Gasteiger charge is -2.31. The fraction of sp³-hybridized carbons (Fsp3) is 0.435. The van der Waals surface area contributed by atoms with Crippen LogP contribution in [0.3, 0.4) is 0 Å². The maximum absolute atomic E-state index is 12.9. The molecule has 144 valence electrons. The molecule has 3 nitrogen and oxygen atoms in total. The molecule has 0 atom stereocenters. The van der Waals surface area contributed by atoms with E-state index >= 15 is 0 Å². The average Bonchev–Trinajstić information content (AvgIpc) is 2.63. The van der Waals surface area contributed by atoms with Gasteiger partial charge in [0.1, 0.15) is 0 Å². The molecule has 4 heteroatoms. The van der Waals surface area contributed by atoms with Crippen molar-refractivity contribution in [3.8, 4) is 0 Å². The highest BCUT2D eigenvalue weighted by Gasteiger charge is 2.26. The van der Waals surface area contributed by atoms with Gasteiger partial charge in [0, 0.05) is 23.2 Å². The molecule has 2 aromatic carbocycles. The van der Waals surface area contributed by atoms with E-state index in [0.717, 1.165) is 48.7 Å². The first-order valence-corrected chi connectivity index (χ1v) is 10.2. The zero-order chi connectivity index (χ0) is 19.4. The largest absolute Gasteiger partial charge is 0.325 e. The molecule has 0 aliphatic carbocycles. The lowest BCUT2D eigenvalue weighted by atomic mass is 9.94. The normalized spacial score (nSPS) is 15.9. The van der Waals surface area contributed by atoms with Gasteiger partial charge in [-0.1, -0.05) is 55.8 Å². The molecule has 0 unspecified atom stereocenters. The van der Waals surface area contributed by atoms with Crippen molar-refractivity contribution < 1.29 is 4.79 Å². The number of nitrogens with one attached hydrogen (secondary N) is 1. The predicted octanol–water partition coefficient (Wildman–Crippen LogP) is 5.62. The van der Waals surface area contributed by atoms with Crippen LogP contribution in [0.2, 0.25) is 5.02 Å². The lowest BCUT2D eigenvalue weighted by Crippen LogP contribution is -2.38. The van der Waals surface area contributed by atoms with E-state index in [9.17, 15) is 4.79 Å². The van der Waals surface area contributed by atoms with E-state index in [1.54, 1.807) is 0 Å². The number of halogens is 1. The van der Waals surface area contributed by atoms with Gasteiger partial charge in [-0.05, 0) is 67.6 Å². The number of likely N-dealkylation sites (tertiary alicyclic amines) is 1. The van der Waals surface area contributed by atoms with Gasteiger partial charge in [0.25, 0.3) is 0 Å². The summed E-state index contributed by atoms with van der Waals surface area (Å²) in [6, 6.07) is 14.3. The Hall–Kier alpha value is -1.84. The Kier molecular flexibility index (Phi) is 6.56. The van der Waals surface area contributed by atoms with Crippen LogP contribution >= 0.6 is 11.6 Å². The van der Waals surface area contributed by atoms with E-state index in [0.29, 0.717) is 5.92 Å². The van der Waals surface area contributed by atoms with Crippen molar-refractivity contribution in [3.05, 3.63) is 64.2 Å². The summed E-state index contributed by atoms with van der Waals surface area (Å²) in [6.45, 7) is 9.17. The fourth-order valence-corrected chi connectivity index (χ4v) is 4.03. The summed E-state index contributed by atoms with van der Waals surface area (Å²) in [7, 11) is 0. The minimum Gasteiger partial charge on any atom is -0.325 e. The van der Waals surface area contributed by atoms with Gasteiger partial charge in [0.2, 0.25) is 5.91 Å². The number of anilines is 1. The van der Waals surface area contributed by atoms with Crippen molar-refractivity contribution in [2.24, 2.45) is 5.92 Å². The maximum atomic E-state index is 12.9. The van der Waals surface area contributed by atoms with Gasteiger partial charge < -0.3 is 5.32 Å². The van der Waals surface area contributed by atoms with Gasteiger partial charge >= 0.3 is 0 Å². The standard InChI is InChI=1S/C23H29ClN2O/c1-16(2)21-9-4-6-17(3)22(21)25-23(27)19-10-12-26(13-11-19)15-18-7-5-8-20(24)14-18/h4-9,14,16,19H,10-13,15H2,1-3H3,(H,25,27). The summed E-state index contributed by atoms with van der Waals surface area (Å²) in [5.41, 5.74) is 4.57. The zero-order valence-electron chi connectivity index (χ0n) is 16.5. The van der Waals surface area contributed by atoms with E-state index < -0.39 is 0 Å². The average molecular weight is 385 g/mol. The third kappa shape index (κ3) is 5.12. The number of carbonyl (C=O) groups excluding carboxylic acids is 1. The number of amides is 1. The van der Waals surface area contributed by atoms with Crippen LogP contribution in [-0.4, -0.2) is 23.9 Å². The molecule has 1 N–H and O–H groups in total. The summed E-state index contributed by atoms with van der Waals surface area (Å²) < 4.78 is 0. The van der Waals surface area contributed by atoms with Gasteiger partial charge in [-0.3, -0.25) is 9.69 Å². The Morgan fingerprint density at radius 2 is 1.89 bits per heavy atom. The zero-order valence-corrected chi connectivity index (χ0v) is 17.2. The molecule has 2 aromatic rings. The van der Waals surface area contributed by atoms with E-state index in [1.807, 2.05) is 18.2 Å². The quantitative estimate of drug-likeness (QED) is 0.725. The van der Waals surface area contributed by atoms with Gasteiger partial charge in [-0.25, -0.2) is 0 Å². The number of carbonyl (C=O) groups is 1. The third-order valence-corrected chi connectivity index (χ3v) is 5.66. The first-order valence-electron chi connectivity index (χ1n) is 9.81. The van der Waals surface area contributed by atoms with E-state index in [1.165, 1.54) is 11.1 Å².